The van der Waals surface area contributed by atoms with Crippen molar-refractivity contribution in [3.63, 3.8) is 0 Å². The SMILES string of the molecule is O=C(CCCN1C(=O)c2ccccc2C1=O)CCc1ccc(-c2ccccc2)cc1.O=C(O)C(CCN1Cc2ccccc2C1=O)C(O)CCc1ccc(-c2ccccc2)cc1.O=C1c2ccccc2C(O)N1CCCC(O)CCc1ccc(-c2ccccc2)cc1. The molecule has 0 saturated heterocycles. The number of imide groups is 1. The number of benzene rings is 9. The number of aliphatic hydroxyl groups excluding tert-OH is 3. The zero-order valence-corrected chi connectivity index (χ0v) is 51.5. The number of hydrogen-bond acceptors (Lipinski definition) is 9. The minimum Gasteiger partial charge on any atom is -0.481 e. The Morgan fingerprint density at radius 1 is 0.413 bits per heavy atom. The van der Waals surface area contributed by atoms with E-state index < -0.39 is 30.3 Å². The minimum atomic E-state index is -1.03. The van der Waals surface area contributed by atoms with Gasteiger partial charge in [-0.2, -0.15) is 0 Å². The number of carboxylic acid groups (broad SMARTS) is 1. The largest absolute Gasteiger partial charge is 0.481 e. The van der Waals surface area contributed by atoms with Gasteiger partial charge in [0.2, 0.25) is 0 Å². The molecule has 0 aliphatic carbocycles. The Labute approximate surface area is 537 Å². The molecule has 468 valence electrons. The lowest BCUT2D eigenvalue weighted by Gasteiger charge is -2.22. The Morgan fingerprint density at radius 2 is 0.859 bits per heavy atom. The monoisotopic (exact) mass is 1230 g/mol. The van der Waals surface area contributed by atoms with Crippen molar-refractivity contribution >= 4 is 35.4 Å². The summed E-state index contributed by atoms with van der Waals surface area (Å²) in [6.07, 6.45) is 3.69. The van der Waals surface area contributed by atoms with Gasteiger partial charge in [-0.3, -0.25) is 33.7 Å². The van der Waals surface area contributed by atoms with Crippen molar-refractivity contribution in [3.8, 4) is 33.4 Å². The third-order valence-electron chi connectivity index (χ3n) is 17.4. The van der Waals surface area contributed by atoms with Crippen LogP contribution in [0, 0.1) is 5.92 Å². The fourth-order valence-electron chi connectivity index (χ4n) is 12.1. The van der Waals surface area contributed by atoms with Crippen LogP contribution < -0.4 is 0 Å². The van der Waals surface area contributed by atoms with E-state index in [1.165, 1.54) is 32.1 Å². The fraction of sp³-hybridized carbons (Fsp3) is 0.241. The normalized spacial score (nSPS) is 14.7. The van der Waals surface area contributed by atoms with Crippen molar-refractivity contribution in [1.29, 1.82) is 0 Å². The van der Waals surface area contributed by atoms with E-state index in [0.29, 0.717) is 105 Å². The highest BCUT2D eigenvalue weighted by Crippen LogP contribution is 2.33. The number of fused-ring (bicyclic) bond motifs is 3. The zero-order chi connectivity index (χ0) is 64.3. The van der Waals surface area contributed by atoms with Gasteiger partial charge in [-0.05, 0) is 138 Å². The van der Waals surface area contributed by atoms with Crippen LogP contribution >= 0.6 is 0 Å². The summed E-state index contributed by atoms with van der Waals surface area (Å²) in [4.78, 5) is 78.1. The number of aliphatic carboxylic acids is 1. The highest BCUT2D eigenvalue weighted by Gasteiger charge is 2.36. The van der Waals surface area contributed by atoms with Crippen LogP contribution in [-0.2, 0) is 35.4 Å². The van der Waals surface area contributed by atoms with E-state index >= 15 is 0 Å². The topological polar surface area (TPSA) is 193 Å². The van der Waals surface area contributed by atoms with Crippen LogP contribution in [0.1, 0.15) is 127 Å². The first-order chi connectivity index (χ1) is 44.8. The molecular formula is C79H77N3O10. The summed E-state index contributed by atoms with van der Waals surface area (Å²) in [5, 5.41) is 41.0. The molecule has 3 heterocycles. The molecular weight excluding hydrogens is 1150 g/mol. The summed E-state index contributed by atoms with van der Waals surface area (Å²) >= 11 is 0. The Balaban J connectivity index is 0.000000151. The van der Waals surface area contributed by atoms with Gasteiger partial charge in [-0.15, -0.1) is 0 Å². The first-order valence-electron chi connectivity index (χ1n) is 31.7. The van der Waals surface area contributed by atoms with Gasteiger partial charge in [0, 0.05) is 55.7 Å². The Morgan fingerprint density at radius 3 is 1.36 bits per heavy atom. The number of nitrogens with zero attached hydrogens (tertiary/aromatic N) is 3. The second kappa shape index (κ2) is 31.7. The molecule has 0 radical (unpaired) electrons. The van der Waals surface area contributed by atoms with E-state index in [2.05, 4.69) is 84.9 Å². The lowest BCUT2D eigenvalue weighted by atomic mass is 9.93. The van der Waals surface area contributed by atoms with Crippen LogP contribution in [-0.4, -0.2) is 102 Å². The fourth-order valence-corrected chi connectivity index (χ4v) is 12.1. The molecule has 3 aliphatic rings. The maximum absolute atomic E-state index is 12.5. The molecule has 13 heteroatoms. The first-order valence-corrected chi connectivity index (χ1v) is 31.7. The van der Waals surface area contributed by atoms with E-state index in [1.807, 2.05) is 109 Å². The van der Waals surface area contributed by atoms with Gasteiger partial charge in [-0.1, -0.05) is 212 Å². The number of carbonyl (C=O) groups is 6. The molecule has 4 amide bonds. The maximum atomic E-state index is 12.5. The predicted octanol–water partition coefficient (Wildman–Crippen LogP) is 13.9. The van der Waals surface area contributed by atoms with Crippen LogP contribution in [0.25, 0.3) is 33.4 Å². The molecule has 0 saturated carbocycles. The van der Waals surface area contributed by atoms with Crippen LogP contribution in [0.15, 0.2) is 237 Å². The van der Waals surface area contributed by atoms with E-state index in [-0.39, 0.29) is 42.4 Å². The molecule has 0 bridgehead atoms. The Hall–Kier alpha value is -9.92. The quantitative estimate of drug-likeness (QED) is 0.0400. The number of aliphatic hydroxyl groups is 3. The molecule has 12 rings (SSSR count). The maximum Gasteiger partial charge on any atom is 0.309 e. The number of carboxylic acids is 1. The highest BCUT2D eigenvalue weighted by molar-refractivity contribution is 6.21. The lowest BCUT2D eigenvalue weighted by Crippen LogP contribution is -2.34. The Kier molecular flexibility index (Phi) is 22.4. The molecule has 9 aromatic carbocycles. The van der Waals surface area contributed by atoms with Crippen molar-refractivity contribution in [2.45, 2.75) is 95.6 Å². The number of Topliss-reactive ketones (excluding diaryl/α,β-unsaturated/α-hetero) is 1. The van der Waals surface area contributed by atoms with Crippen LogP contribution in [0.4, 0.5) is 0 Å². The standard InChI is InChI=1S/C27H27NO4.C26H27NO3.C26H23NO3/c29-25(15-12-19-10-13-21(14-11-19)20-6-2-1-3-7-20)24(27(31)32)16-17-28-18-22-8-4-5-9-23(22)26(28)30;2*28-22(9-6-18-27-25(29)23-10-4-5-11-24(23)26(27)30)17-14-19-12-15-21(16-13-19)20-7-2-1-3-8-20/h1-11,13-14,24-25,29H,12,15-18H2,(H,31,32);1-5,7-8,10-13,15-16,22,25,28-29H,6,9,14,17-18H2;1-5,7-8,10-13,15-16H,6,9,14,17-18H2. The van der Waals surface area contributed by atoms with Gasteiger partial charge >= 0.3 is 5.97 Å². The number of amides is 4. The van der Waals surface area contributed by atoms with Gasteiger partial charge in [0.25, 0.3) is 23.6 Å². The third kappa shape index (κ3) is 16.7. The number of aryl methyl sites for hydroxylation is 3. The van der Waals surface area contributed by atoms with Crippen molar-refractivity contribution in [3.05, 3.63) is 287 Å². The molecule has 4 atom stereocenters. The molecule has 0 aromatic heterocycles. The second-order valence-corrected chi connectivity index (χ2v) is 23.7. The smallest absolute Gasteiger partial charge is 0.309 e. The van der Waals surface area contributed by atoms with Gasteiger partial charge in [0.05, 0.1) is 29.3 Å². The molecule has 3 aliphatic heterocycles. The molecule has 0 fully saturated rings. The summed E-state index contributed by atoms with van der Waals surface area (Å²) < 4.78 is 0. The number of ketones is 1. The molecule has 4 unspecified atom stereocenters. The third-order valence-corrected chi connectivity index (χ3v) is 17.4. The number of carbonyl (C=O) groups excluding carboxylic acids is 5. The van der Waals surface area contributed by atoms with Crippen LogP contribution in [0.5, 0.6) is 0 Å². The molecule has 9 aromatic rings. The first kappa shape index (κ1) is 65.0. The summed E-state index contributed by atoms with van der Waals surface area (Å²) in [6, 6.07) is 76.9. The van der Waals surface area contributed by atoms with E-state index in [9.17, 15) is 49.2 Å². The summed E-state index contributed by atoms with van der Waals surface area (Å²) in [5.74, 6) is -2.51. The predicted molar refractivity (Wildman–Crippen MR) is 357 cm³/mol. The second-order valence-electron chi connectivity index (χ2n) is 23.7. The zero-order valence-electron chi connectivity index (χ0n) is 51.5. The van der Waals surface area contributed by atoms with E-state index in [0.717, 1.165) is 39.8 Å². The average molecular weight is 1230 g/mol. The highest BCUT2D eigenvalue weighted by atomic mass is 16.4. The Bertz CT molecular complexity index is 3920. The number of rotatable bonds is 25. The van der Waals surface area contributed by atoms with Crippen molar-refractivity contribution in [2.75, 3.05) is 19.6 Å². The van der Waals surface area contributed by atoms with Gasteiger partial charge in [-0.25, -0.2) is 0 Å². The van der Waals surface area contributed by atoms with E-state index in [4.69, 9.17) is 0 Å². The summed E-state index contributed by atoms with van der Waals surface area (Å²) in [5.41, 5.74) is 14.2. The molecule has 13 nitrogen and oxygen atoms in total. The van der Waals surface area contributed by atoms with Crippen LogP contribution in [0.2, 0.25) is 0 Å². The van der Waals surface area contributed by atoms with E-state index in [1.54, 1.807) is 47.4 Å². The van der Waals surface area contributed by atoms with Gasteiger partial charge < -0.3 is 30.2 Å². The van der Waals surface area contributed by atoms with Crippen molar-refractivity contribution in [2.24, 2.45) is 5.92 Å². The minimum absolute atomic E-state index is 0.0715. The summed E-state index contributed by atoms with van der Waals surface area (Å²) in [7, 11) is 0. The van der Waals surface area contributed by atoms with Gasteiger partial charge in [0.1, 0.15) is 5.78 Å². The number of hydrogen-bond donors (Lipinski definition) is 4. The lowest BCUT2D eigenvalue weighted by molar-refractivity contribution is -0.146. The van der Waals surface area contributed by atoms with Crippen LogP contribution in [0.3, 0.4) is 0 Å². The average Bonchev–Trinajstić information content (AvgIpc) is 2.17. The molecule has 0 spiro atoms. The van der Waals surface area contributed by atoms with Gasteiger partial charge in [0.15, 0.2) is 6.23 Å². The molecule has 4 N–H and O–H groups in total. The summed E-state index contributed by atoms with van der Waals surface area (Å²) in [6.45, 7) is 1.53. The molecule has 92 heavy (non-hydrogen) atoms. The van der Waals surface area contributed by atoms with Crippen molar-refractivity contribution < 1.29 is 49.2 Å². The van der Waals surface area contributed by atoms with Crippen molar-refractivity contribution in [1.82, 2.24) is 14.7 Å².